The quantitative estimate of drug-likeness (QED) is 0.427. The Morgan fingerprint density at radius 2 is 1.22 bits per heavy atom. The van der Waals surface area contributed by atoms with Crippen molar-refractivity contribution in [3.63, 3.8) is 0 Å². The summed E-state index contributed by atoms with van der Waals surface area (Å²) in [6, 6.07) is 0. The van der Waals surface area contributed by atoms with Crippen molar-refractivity contribution in [2.45, 2.75) is 52.4 Å². The lowest BCUT2D eigenvalue weighted by Crippen LogP contribution is -2.01. The molecule has 0 amide bonds. The first-order chi connectivity index (χ1) is 8.70. The van der Waals surface area contributed by atoms with Crippen LogP contribution in [-0.4, -0.2) is 23.4 Å². The van der Waals surface area contributed by atoms with Gasteiger partial charge in [0.2, 0.25) is 0 Å². The molecule has 0 aliphatic rings. The molecule has 0 fully saturated rings. The number of hydrogen-bond donors (Lipinski definition) is 0. The van der Waals surface area contributed by atoms with Gasteiger partial charge >= 0.3 is 11.9 Å². The van der Waals surface area contributed by atoms with E-state index in [2.05, 4.69) is 0 Å². The molecule has 0 atom stereocenters. The fourth-order valence-corrected chi connectivity index (χ4v) is 2.15. The molecule has 0 saturated heterocycles. The van der Waals surface area contributed by atoms with Crippen LogP contribution in [0.4, 0.5) is 0 Å². The first kappa shape index (κ1) is 17.6. The molecule has 4 nitrogen and oxygen atoms in total. The van der Waals surface area contributed by atoms with Crippen LogP contribution in [-0.2, 0) is 18.0 Å². The van der Waals surface area contributed by atoms with Crippen LogP contribution in [0, 0.1) is 0 Å². The van der Waals surface area contributed by atoms with Crippen LogP contribution in [0.15, 0.2) is 0 Å². The maximum Gasteiger partial charge on any atom is 0.317 e. The standard InChI is InChI=1S/C12H22O4S2/c1-3-5-7-11(13)15-17-9-10-18-16-12(14)8-6-4-2/h3-10H2,1-2H3. The molecule has 0 unspecified atom stereocenters. The van der Waals surface area contributed by atoms with Crippen LogP contribution in [0.3, 0.4) is 0 Å². The second-order valence-corrected chi connectivity index (χ2v) is 5.38. The van der Waals surface area contributed by atoms with Crippen molar-refractivity contribution in [3.05, 3.63) is 0 Å². The average Bonchev–Trinajstić information content (AvgIpc) is 2.37. The highest BCUT2D eigenvalue weighted by Crippen LogP contribution is 2.12. The first-order valence-electron chi connectivity index (χ1n) is 6.35. The predicted octanol–water partition coefficient (Wildman–Crippen LogP) is 3.75. The third-order valence-corrected chi connectivity index (χ3v) is 3.63. The average molecular weight is 294 g/mol. The Morgan fingerprint density at radius 1 is 0.833 bits per heavy atom. The zero-order valence-corrected chi connectivity index (χ0v) is 12.7. The summed E-state index contributed by atoms with van der Waals surface area (Å²) in [4.78, 5) is 22.3. The largest absolute Gasteiger partial charge is 0.391 e. The highest BCUT2D eigenvalue weighted by atomic mass is 32.2. The lowest BCUT2D eigenvalue weighted by atomic mass is 10.3. The molecule has 0 heterocycles. The van der Waals surface area contributed by atoms with Gasteiger partial charge in [0.25, 0.3) is 0 Å². The lowest BCUT2D eigenvalue weighted by molar-refractivity contribution is -0.134. The molecule has 0 radical (unpaired) electrons. The summed E-state index contributed by atoms with van der Waals surface area (Å²) in [6.45, 7) is 4.06. The normalized spacial score (nSPS) is 10.1. The number of unbranched alkanes of at least 4 members (excludes halogenated alkanes) is 2. The van der Waals surface area contributed by atoms with Gasteiger partial charge in [-0.25, -0.2) is 0 Å². The van der Waals surface area contributed by atoms with E-state index < -0.39 is 0 Å². The number of rotatable bonds is 11. The summed E-state index contributed by atoms with van der Waals surface area (Å²) in [5.41, 5.74) is 0. The van der Waals surface area contributed by atoms with E-state index in [1.54, 1.807) is 0 Å². The molecule has 6 heteroatoms. The van der Waals surface area contributed by atoms with Crippen molar-refractivity contribution in [1.29, 1.82) is 0 Å². The van der Waals surface area contributed by atoms with Gasteiger partial charge in [-0.2, -0.15) is 0 Å². The van der Waals surface area contributed by atoms with E-state index >= 15 is 0 Å². The van der Waals surface area contributed by atoms with E-state index in [9.17, 15) is 9.59 Å². The van der Waals surface area contributed by atoms with Crippen LogP contribution in [0.2, 0.25) is 0 Å². The Kier molecular flexibility index (Phi) is 12.8. The maximum absolute atomic E-state index is 11.1. The number of carbonyl (C=O) groups is 2. The van der Waals surface area contributed by atoms with Gasteiger partial charge in [0.15, 0.2) is 0 Å². The minimum absolute atomic E-state index is 0.174. The van der Waals surface area contributed by atoms with Gasteiger partial charge in [-0.05, 0) is 12.8 Å². The van der Waals surface area contributed by atoms with Crippen LogP contribution in [0.25, 0.3) is 0 Å². The Labute approximate surface area is 118 Å². The van der Waals surface area contributed by atoms with Crippen molar-refractivity contribution in [1.82, 2.24) is 0 Å². The molecule has 18 heavy (non-hydrogen) atoms. The third-order valence-electron chi connectivity index (χ3n) is 2.02. The van der Waals surface area contributed by atoms with Crippen molar-refractivity contribution < 1.29 is 18.0 Å². The molecule has 0 spiro atoms. The van der Waals surface area contributed by atoms with Crippen LogP contribution >= 0.6 is 24.1 Å². The minimum Gasteiger partial charge on any atom is -0.391 e. The zero-order chi connectivity index (χ0) is 13.6. The van der Waals surface area contributed by atoms with Crippen molar-refractivity contribution in [2.75, 3.05) is 11.5 Å². The highest BCUT2D eigenvalue weighted by molar-refractivity contribution is 7.98. The molecule has 0 saturated carbocycles. The molecule has 0 bridgehead atoms. The fraction of sp³-hybridized carbons (Fsp3) is 0.833. The summed E-state index contributed by atoms with van der Waals surface area (Å²) in [6.07, 6.45) is 4.66. The van der Waals surface area contributed by atoms with E-state index in [1.165, 1.54) is 0 Å². The van der Waals surface area contributed by atoms with Crippen LogP contribution in [0.5, 0.6) is 0 Å². The molecule has 0 aliphatic carbocycles. The summed E-state index contributed by atoms with van der Waals surface area (Å²) >= 11 is 2.24. The molecule has 106 valence electrons. The molecule has 0 aliphatic heterocycles. The Hall–Kier alpha value is -0.360. The number of hydrogen-bond acceptors (Lipinski definition) is 6. The van der Waals surface area contributed by atoms with E-state index in [0.717, 1.165) is 49.8 Å². The molecule has 0 aromatic rings. The summed E-state index contributed by atoms with van der Waals surface area (Å²) in [5.74, 6) is 0.909. The molecule has 0 rings (SSSR count). The molecule has 0 aromatic carbocycles. The van der Waals surface area contributed by atoms with Gasteiger partial charge in [-0.3, -0.25) is 9.59 Å². The van der Waals surface area contributed by atoms with Gasteiger partial charge < -0.3 is 8.37 Å². The zero-order valence-electron chi connectivity index (χ0n) is 11.1. The topological polar surface area (TPSA) is 52.6 Å². The second kappa shape index (κ2) is 13.1. The Morgan fingerprint density at radius 3 is 1.56 bits per heavy atom. The van der Waals surface area contributed by atoms with Gasteiger partial charge in [0.05, 0.1) is 24.1 Å². The second-order valence-electron chi connectivity index (χ2n) is 3.76. The first-order valence-corrected chi connectivity index (χ1v) is 8.17. The summed E-state index contributed by atoms with van der Waals surface area (Å²) in [7, 11) is 0. The Bertz CT molecular complexity index is 210. The Balaban J connectivity index is 3.25. The highest BCUT2D eigenvalue weighted by Gasteiger charge is 2.04. The van der Waals surface area contributed by atoms with E-state index in [0.29, 0.717) is 24.3 Å². The monoisotopic (exact) mass is 294 g/mol. The van der Waals surface area contributed by atoms with Gasteiger partial charge in [-0.1, -0.05) is 26.7 Å². The SMILES string of the molecule is CCCCC(=O)OSCCSOC(=O)CCCC. The maximum atomic E-state index is 11.1. The summed E-state index contributed by atoms with van der Waals surface area (Å²) in [5, 5.41) is 0. The molecular weight excluding hydrogens is 272 g/mol. The van der Waals surface area contributed by atoms with E-state index in [1.807, 2.05) is 13.8 Å². The van der Waals surface area contributed by atoms with E-state index in [-0.39, 0.29) is 11.9 Å². The third kappa shape index (κ3) is 12.1. The smallest absolute Gasteiger partial charge is 0.317 e. The minimum atomic E-state index is -0.174. The fourth-order valence-electron chi connectivity index (χ4n) is 1.01. The molecule has 0 aromatic heterocycles. The van der Waals surface area contributed by atoms with Crippen molar-refractivity contribution >= 4 is 36.0 Å². The lowest BCUT2D eigenvalue weighted by Gasteiger charge is -2.03. The van der Waals surface area contributed by atoms with E-state index in [4.69, 9.17) is 8.37 Å². The van der Waals surface area contributed by atoms with Crippen molar-refractivity contribution in [2.24, 2.45) is 0 Å². The van der Waals surface area contributed by atoms with Gasteiger partial charge in [-0.15, -0.1) is 0 Å². The van der Waals surface area contributed by atoms with Crippen molar-refractivity contribution in [3.8, 4) is 0 Å². The van der Waals surface area contributed by atoms with Crippen LogP contribution in [0.1, 0.15) is 52.4 Å². The molecular formula is C12H22O4S2. The summed E-state index contributed by atoms with van der Waals surface area (Å²) < 4.78 is 9.88. The molecule has 0 N–H and O–H groups in total. The van der Waals surface area contributed by atoms with Gasteiger partial charge in [0.1, 0.15) is 0 Å². The van der Waals surface area contributed by atoms with Crippen LogP contribution < -0.4 is 0 Å². The predicted molar refractivity (Wildman–Crippen MR) is 76.2 cm³/mol. The number of carbonyl (C=O) groups excluding carboxylic acids is 2. The van der Waals surface area contributed by atoms with Gasteiger partial charge in [0, 0.05) is 24.3 Å².